The Morgan fingerprint density at radius 1 is 1.32 bits per heavy atom. The van der Waals surface area contributed by atoms with E-state index in [1.807, 2.05) is 0 Å². The standard InChI is InChI=1S/C11H11ClN2O5/c12-6-3-8-9(19-5-18-8)4-7(6)14-11(17)13-2-1-10(15)16/h3-4H,1-2,5H2,(H,15,16)(H2,13,14,17). The molecule has 0 spiro atoms. The smallest absolute Gasteiger partial charge is 0.319 e. The zero-order chi connectivity index (χ0) is 13.8. The number of ether oxygens (including phenoxy) is 2. The van der Waals surface area contributed by atoms with Crippen molar-refractivity contribution < 1.29 is 24.2 Å². The molecule has 1 aromatic carbocycles. The fraction of sp³-hybridized carbons (Fsp3) is 0.273. The van der Waals surface area contributed by atoms with Crippen LogP contribution in [0.25, 0.3) is 0 Å². The molecule has 2 rings (SSSR count). The lowest BCUT2D eigenvalue weighted by Gasteiger charge is -2.09. The van der Waals surface area contributed by atoms with Crippen LogP contribution in [-0.2, 0) is 4.79 Å². The zero-order valence-corrected chi connectivity index (χ0v) is 10.5. The van der Waals surface area contributed by atoms with Crippen LogP contribution in [0.5, 0.6) is 11.5 Å². The van der Waals surface area contributed by atoms with E-state index in [1.54, 1.807) is 6.07 Å². The minimum absolute atomic E-state index is 0.0311. The topological polar surface area (TPSA) is 96.9 Å². The first-order valence-corrected chi connectivity index (χ1v) is 5.80. The molecule has 3 N–H and O–H groups in total. The molecule has 8 heteroatoms. The van der Waals surface area contributed by atoms with E-state index in [4.69, 9.17) is 26.2 Å². The van der Waals surface area contributed by atoms with Crippen molar-refractivity contribution in [1.82, 2.24) is 5.32 Å². The molecule has 0 aromatic heterocycles. The molecule has 102 valence electrons. The highest BCUT2D eigenvalue weighted by Gasteiger charge is 2.17. The number of urea groups is 1. The molecular weight excluding hydrogens is 276 g/mol. The summed E-state index contributed by atoms with van der Waals surface area (Å²) in [5.41, 5.74) is 0.360. The number of hydrogen-bond acceptors (Lipinski definition) is 4. The number of carboxylic acids is 1. The van der Waals surface area contributed by atoms with Gasteiger partial charge in [0, 0.05) is 18.7 Å². The molecule has 1 aliphatic rings. The third-order valence-electron chi connectivity index (χ3n) is 2.33. The maximum atomic E-state index is 11.5. The molecule has 19 heavy (non-hydrogen) atoms. The molecule has 1 aliphatic heterocycles. The summed E-state index contributed by atoms with van der Waals surface area (Å²) in [6.45, 7) is 0.142. The van der Waals surface area contributed by atoms with Crippen molar-refractivity contribution in [2.24, 2.45) is 0 Å². The lowest BCUT2D eigenvalue weighted by Crippen LogP contribution is -2.30. The molecular formula is C11H11ClN2O5. The predicted molar refractivity (Wildman–Crippen MR) is 66.8 cm³/mol. The van der Waals surface area contributed by atoms with E-state index < -0.39 is 12.0 Å². The highest BCUT2D eigenvalue weighted by atomic mass is 35.5. The number of carboxylic acid groups (broad SMARTS) is 1. The van der Waals surface area contributed by atoms with E-state index in [-0.39, 0.29) is 19.8 Å². The molecule has 0 unspecified atom stereocenters. The average molecular weight is 287 g/mol. The lowest BCUT2D eigenvalue weighted by atomic mass is 10.3. The molecule has 0 saturated carbocycles. The highest BCUT2D eigenvalue weighted by Crippen LogP contribution is 2.39. The molecule has 0 bridgehead atoms. The number of carbonyl (C=O) groups is 2. The van der Waals surface area contributed by atoms with Crippen molar-refractivity contribution in [3.63, 3.8) is 0 Å². The number of nitrogens with one attached hydrogen (secondary N) is 2. The van der Waals surface area contributed by atoms with E-state index in [0.29, 0.717) is 22.2 Å². The van der Waals surface area contributed by atoms with Crippen LogP contribution in [-0.4, -0.2) is 30.4 Å². The number of fused-ring (bicyclic) bond motifs is 1. The summed E-state index contributed by atoms with van der Waals surface area (Å²) in [5, 5.41) is 13.6. The van der Waals surface area contributed by atoms with Crippen molar-refractivity contribution in [1.29, 1.82) is 0 Å². The molecule has 1 aromatic rings. The Balaban J connectivity index is 1.95. The summed E-state index contributed by atoms with van der Waals surface area (Å²) in [6, 6.07) is 2.54. The van der Waals surface area contributed by atoms with E-state index in [9.17, 15) is 9.59 Å². The second kappa shape index (κ2) is 5.66. The van der Waals surface area contributed by atoms with Crippen molar-refractivity contribution in [3.05, 3.63) is 17.2 Å². The van der Waals surface area contributed by atoms with E-state index >= 15 is 0 Å². The van der Waals surface area contributed by atoms with Gasteiger partial charge in [-0.3, -0.25) is 4.79 Å². The number of anilines is 1. The van der Waals surface area contributed by atoms with Crippen molar-refractivity contribution >= 4 is 29.3 Å². The number of aliphatic carboxylic acids is 1. The predicted octanol–water partition coefficient (Wildman–Crippen LogP) is 1.66. The largest absolute Gasteiger partial charge is 0.481 e. The Morgan fingerprint density at radius 3 is 2.68 bits per heavy atom. The van der Waals surface area contributed by atoms with Gasteiger partial charge in [-0.15, -0.1) is 0 Å². The normalized spacial score (nSPS) is 12.1. The van der Waals surface area contributed by atoms with Crippen LogP contribution in [0.3, 0.4) is 0 Å². The van der Waals surface area contributed by atoms with Gasteiger partial charge in [-0.2, -0.15) is 0 Å². The molecule has 0 radical (unpaired) electrons. The van der Waals surface area contributed by atoms with Gasteiger partial charge in [-0.05, 0) is 0 Å². The van der Waals surface area contributed by atoms with Gasteiger partial charge in [-0.25, -0.2) is 4.79 Å². The summed E-state index contributed by atoms with van der Waals surface area (Å²) in [7, 11) is 0. The van der Waals surface area contributed by atoms with Crippen LogP contribution in [0.4, 0.5) is 10.5 Å². The third-order valence-corrected chi connectivity index (χ3v) is 2.65. The Bertz CT molecular complexity index is 520. The summed E-state index contributed by atoms with van der Waals surface area (Å²) in [6.07, 6.45) is -0.151. The monoisotopic (exact) mass is 286 g/mol. The number of carbonyl (C=O) groups excluding carboxylic acids is 1. The number of benzene rings is 1. The lowest BCUT2D eigenvalue weighted by molar-refractivity contribution is -0.136. The van der Waals surface area contributed by atoms with Crippen molar-refractivity contribution in [2.45, 2.75) is 6.42 Å². The maximum Gasteiger partial charge on any atom is 0.319 e. The number of amides is 2. The summed E-state index contributed by atoms with van der Waals surface area (Å²) in [5.74, 6) is 0.0217. The second-order valence-corrected chi connectivity index (χ2v) is 4.12. The van der Waals surface area contributed by atoms with Gasteiger partial charge in [0.15, 0.2) is 11.5 Å². The van der Waals surface area contributed by atoms with Crippen LogP contribution >= 0.6 is 11.6 Å². The molecule has 0 fully saturated rings. The van der Waals surface area contributed by atoms with Gasteiger partial charge >= 0.3 is 12.0 Å². The number of rotatable bonds is 4. The Kier molecular flexibility index (Phi) is 3.96. The van der Waals surface area contributed by atoms with Crippen LogP contribution in [0.2, 0.25) is 5.02 Å². The van der Waals surface area contributed by atoms with Crippen molar-refractivity contribution in [2.75, 3.05) is 18.7 Å². The molecule has 1 heterocycles. The van der Waals surface area contributed by atoms with E-state index in [1.165, 1.54) is 6.07 Å². The van der Waals surface area contributed by atoms with Gasteiger partial charge in [0.2, 0.25) is 6.79 Å². The maximum absolute atomic E-state index is 11.5. The van der Waals surface area contributed by atoms with E-state index in [2.05, 4.69) is 10.6 Å². The minimum atomic E-state index is -0.985. The molecule has 0 aliphatic carbocycles. The SMILES string of the molecule is O=C(O)CCNC(=O)Nc1cc2c(cc1Cl)OCO2. The third kappa shape index (κ3) is 3.41. The molecule has 0 saturated heterocycles. The van der Waals surface area contributed by atoms with Gasteiger partial charge in [0.05, 0.1) is 17.1 Å². The highest BCUT2D eigenvalue weighted by molar-refractivity contribution is 6.34. The van der Waals surface area contributed by atoms with Crippen LogP contribution in [0.1, 0.15) is 6.42 Å². The zero-order valence-electron chi connectivity index (χ0n) is 9.73. The van der Waals surface area contributed by atoms with Gasteiger partial charge in [0.25, 0.3) is 0 Å². The van der Waals surface area contributed by atoms with Crippen molar-refractivity contribution in [3.8, 4) is 11.5 Å². The number of hydrogen-bond donors (Lipinski definition) is 3. The fourth-order valence-corrected chi connectivity index (χ4v) is 1.66. The molecule has 0 atom stereocenters. The van der Waals surface area contributed by atoms with Gasteiger partial charge < -0.3 is 25.2 Å². The fourth-order valence-electron chi connectivity index (χ4n) is 1.46. The van der Waals surface area contributed by atoms with Gasteiger partial charge in [-0.1, -0.05) is 11.6 Å². The number of halogens is 1. The average Bonchev–Trinajstić information content (AvgIpc) is 2.76. The Labute approximate surface area is 113 Å². The van der Waals surface area contributed by atoms with Gasteiger partial charge in [0.1, 0.15) is 0 Å². The second-order valence-electron chi connectivity index (χ2n) is 3.71. The van der Waals surface area contributed by atoms with Crippen LogP contribution in [0.15, 0.2) is 12.1 Å². The van der Waals surface area contributed by atoms with E-state index in [0.717, 1.165) is 0 Å². The molecule has 7 nitrogen and oxygen atoms in total. The molecule has 2 amide bonds. The Hall–Kier alpha value is -2.15. The first kappa shape index (κ1) is 13.3. The summed E-state index contributed by atoms with van der Waals surface area (Å²) in [4.78, 5) is 21.8. The summed E-state index contributed by atoms with van der Waals surface area (Å²) >= 11 is 5.96. The summed E-state index contributed by atoms with van der Waals surface area (Å²) < 4.78 is 10.3. The van der Waals surface area contributed by atoms with Crippen LogP contribution < -0.4 is 20.1 Å². The minimum Gasteiger partial charge on any atom is -0.481 e. The quantitative estimate of drug-likeness (QED) is 0.782. The Morgan fingerprint density at radius 2 is 2.00 bits per heavy atom. The van der Waals surface area contributed by atoms with Crippen LogP contribution in [0, 0.1) is 0 Å². The first-order valence-electron chi connectivity index (χ1n) is 5.42. The first-order chi connectivity index (χ1) is 9.06.